The van der Waals surface area contributed by atoms with Crippen molar-refractivity contribution in [3.63, 3.8) is 0 Å². The lowest BCUT2D eigenvalue weighted by molar-refractivity contribution is -0.137. The van der Waals surface area contributed by atoms with Crippen LogP contribution in [0.2, 0.25) is 0 Å². The molecule has 2 rings (SSSR count). The number of ether oxygens (including phenoxy) is 1. The van der Waals surface area contributed by atoms with E-state index in [1.807, 2.05) is 18.7 Å². The van der Waals surface area contributed by atoms with Gasteiger partial charge in [0.2, 0.25) is 5.91 Å². The second-order valence-corrected chi connectivity index (χ2v) is 8.33. The molecular formula is C20H38N2O2. The maximum Gasteiger partial charge on any atom is 0.225 e. The minimum atomic E-state index is 0.113. The number of carbonyl (C=O) groups is 1. The van der Waals surface area contributed by atoms with Crippen molar-refractivity contribution >= 4 is 5.91 Å². The maximum atomic E-state index is 12.0. The summed E-state index contributed by atoms with van der Waals surface area (Å²) in [5, 5.41) is 0. The molecule has 0 aromatic carbocycles. The van der Waals surface area contributed by atoms with Gasteiger partial charge >= 0.3 is 0 Å². The third kappa shape index (κ3) is 6.03. The van der Waals surface area contributed by atoms with E-state index < -0.39 is 0 Å². The first kappa shape index (κ1) is 19.7. The molecule has 0 spiro atoms. The van der Waals surface area contributed by atoms with Crippen molar-refractivity contribution in [2.24, 2.45) is 17.8 Å². The van der Waals surface area contributed by atoms with Crippen molar-refractivity contribution in [2.75, 3.05) is 39.3 Å². The summed E-state index contributed by atoms with van der Waals surface area (Å²) in [6, 6.07) is 0. The van der Waals surface area contributed by atoms with Gasteiger partial charge in [-0.05, 0) is 57.0 Å². The minimum absolute atomic E-state index is 0.113. The maximum absolute atomic E-state index is 12.0. The third-order valence-corrected chi connectivity index (χ3v) is 5.79. The van der Waals surface area contributed by atoms with Crippen molar-refractivity contribution in [2.45, 2.75) is 65.9 Å². The van der Waals surface area contributed by atoms with Gasteiger partial charge in [0.1, 0.15) is 0 Å². The highest BCUT2D eigenvalue weighted by Crippen LogP contribution is 2.24. The van der Waals surface area contributed by atoms with E-state index in [-0.39, 0.29) is 5.92 Å². The predicted molar refractivity (Wildman–Crippen MR) is 99.0 cm³/mol. The molecule has 0 saturated carbocycles. The number of piperidine rings is 2. The summed E-state index contributed by atoms with van der Waals surface area (Å²) in [6.45, 7) is 15.0. The largest absolute Gasteiger partial charge is 0.378 e. The Balaban J connectivity index is 1.52. The molecule has 0 aliphatic carbocycles. The van der Waals surface area contributed by atoms with E-state index >= 15 is 0 Å². The highest BCUT2D eigenvalue weighted by Gasteiger charge is 2.25. The number of likely N-dealkylation sites (tertiary alicyclic amines) is 2. The van der Waals surface area contributed by atoms with Crippen molar-refractivity contribution in [1.82, 2.24) is 9.80 Å². The fraction of sp³-hybridized carbons (Fsp3) is 0.950. The summed E-state index contributed by atoms with van der Waals surface area (Å²) >= 11 is 0. The van der Waals surface area contributed by atoms with E-state index in [1.54, 1.807) is 0 Å². The van der Waals surface area contributed by atoms with E-state index in [0.717, 1.165) is 50.8 Å². The van der Waals surface area contributed by atoms with Crippen molar-refractivity contribution < 1.29 is 9.53 Å². The average Bonchev–Trinajstić information content (AvgIpc) is 2.59. The minimum Gasteiger partial charge on any atom is -0.378 e. The SMILES string of the molecule is CC(C)C(=O)N1CCC(OCCCN2CCC(C(C)C)CC2)CC1. The van der Waals surface area contributed by atoms with Crippen LogP contribution in [0.1, 0.15) is 59.8 Å². The van der Waals surface area contributed by atoms with Gasteiger partial charge in [-0.25, -0.2) is 0 Å². The molecule has 0 radical (unpaired) electrons. The summed E-state index contributed by atoms with van der Waals surface area (Å²) in [5.41, 5.74) is 0. The number of amides is 1. The topological polar surface area (TPSA) is 32.8 Å². The molecule has 1 amide bonds. The van der Waals surface area contributed by atoms with Crippen LogP contribution in [0.15, 0.2) is 0 Å². The van der Waals surface area contributed by atoms with E-state index in [4.69, 9.17) is 4.74 Å². The van der Waals surface area contributed by atoms with Crippen LogP contribution < -0.4 is 0 Å². The van der Waals surface area contributed by atoms with Crippen LogP contribution in [0.4, 0.5) is 0 Å². The molecular weight excluding hydrogens is 300 g/mol. The molecule has 4 nitrogen and oxygen atoms in total. The summed E-state index contributed by atoms with van der Waals surface area (Å²) in [6.07, 6.45) is 6.21. The second-order valence-electron chi connectivity index (χ2n) is 8.33. The zero-order chi connectivity index (χ0) is 17.5. The molecule has 0 aromatic rings. The molecule has 0 atom stereocenters. The molecule has 0 N–H and O–H groups in total. The normalized spacial score (nSPS) is 21.8. The molecule has 2 fully saturated rings. The Hall–Kier alpha value is -0.610. The fourth-order valence-electron chi connectivity index (χ4n) is 3.99. The number of rotatable bonds is 7. The Morgan fingerprint density at radius 3 is 2.17 bits per heavy atom. The number of hydrogen-bond acceptors (Lipinski definition) is 3. The van der Waals surface area contributed by atoms with Crippen LogP contribution in [-0.4, -0.2) is 61.1 Å². The van der Waals surface area contributed by atoms with Gasteiger partial charge in [-0.3, -0.25) is 4.79 Å². The first-order valence-corrected chi connectivity index (χ1v) is 10.1. The van der Waals surface area contributed by atoms with Gasteiger partial charge in [0, 0.05) is 32.2 Å². The quantitative estimate of drug-likeness (QED) is 0.667. The molecule has 2 heterocycles. The first-order chi connectivity index (χ1) is 11.5. The highest BCUT2D eigenvalue weighted by molar-refractivity contribution is 5.78. The lowest BCUT2D eigenvalue weighted by Gasteiger charge is -2.34. The average molecular weight is 339 g/mol. The van der Waals surface area contributed by atoms with E-state index in [0.29, 0.717) is 12.0 Å². The monoisotopic (exact) mass is 338 g/mol. The van der Waals surface area contributed by atoms with Gasteiger partial charge in [-0.2, -0.15) is 0 Å². The lowest BCUT2D eigenvalue weighted by Crippen LogP contribution is -2.42. The summed E-state index contributed by atoms with van der Waals surface area (Å²) < 4.78 is 6.06. The molecule has 4 heteroatoms. The summed E-state index contributed by atoms with van der Waals surface area (Å²) in [5.74, 6) is 2.17. The Morgan fingerprint density at radius 1 is 1.00 bits per heavy atom. The molecule has 2 aliphatic rings. The lowest BCUT2D eigenvalue weighted by atomic mass is 9.87. The zero-order valence-electron chi connectivity index (χ0n) is 16.3. The first-order valence-electron chi connectivity index (χ1n) is 10.1. The van der Waals surface area contributed by atoms with Gasteiger partial charge in [0.15, 0.2) is 0 Å². The Kier molecular flexibility index (Phi) is 8.02. The van der Waals surface area contributed by atoms with E-state index in [2.05, 4.69) is 18.7 Å². The third-order valence-electron chi connectivity index (χ3n) is 5.79. The Labute approximate surface area is 148 Å². The molecule has 0 aromatic heterocycles. The molecule has 24 heavy (non-hydrogen) atoms. The van der Waals surface area contributed by atoms with Gasteiger partial charge < -0.3 is 14.5 Å². The molecule has 0 bridgehead atoms. The standard InChI is InChI=1S/C20H38N2O2/c1-16(2)18-6-11-21(12-7-18)10-5-15-24-19-8-13-22(14-9-19)20(23)17(3)4/h16-19H,5-15H2,1-4H3. The Morgan fingerprint density at radius 2 is 1.62 bits per heavy atom. The van der Waals surface area contributed by atoms with Crippen LogP contribution >= 0.6 is 0 Å². The zero-order valence-corrected chi connectivity index (χ0v) is 16.3. The second kappa shape index (κ2) is 9.76. The molecule has 2 saturated heterocycles. The van der Waals surface area contributed by atoms with Gasteiger partial charge in [0.05, 0.1) is 6.10 Å². The van der Waals surface area contributed by atoms with Crippen molar-refractivity contribution in [3.8, 4) is 0 Å². The van der Waals surface area contributed by atoms with Crippen molar-refractivity contribution in [1.29, 1.82) is 0 Å². The van der Waals surface area contributed by atoms with Crippen LogP contribution in [0.25, 0.3) is 0 Å². The van der Waals surface area contributed by atoms with Crippen LogP contribution in [0, 0.1) is 17.8 Å². The molecule has 2 aliphatic heterocycles. The summed E-state index contributed by atoms with van der Waals surface area (Å²) in [7, 11) is 0. The number of nitrogens with zero attached hydrogens (tertiary/aromatic N) is 2. The van der Waals surface area contributed by atoms with Gasteiger partial charge in [-0.15, -0.1) is 0 Å². The number of carbonyl (C=O) groups excluding carboxylic acids is 1. The van der Waals surface area contributed by atoms with Gasteiger partial charge in [-0.1, -0.05) is 27.7 Å². The molecule has 0 unspecified atom stereocenters. The van der Waals surface area contributed by atoms with E-state index in [1.165, 1.54) is 32.5 Å². The van der Waals surface area contributed by atoms with Crippen molar-refractivity contribution in [3.05, 3.63) is 0 Å². The Bertz CT molecular complexity index is 368. The highest BCUT2D eigenvalue weighted by atomic mass is 16.5. The van der Waals surface area contributed by atoms with E-state index in [9.17, 15) is 4.79 Å². The number of hydrogen-bond donors (Lipinski definition) is 0. The van der Waals surface area contributed by atoms with Crippen LogP contribution in [-0.2, 0) is 9.53 Å². The smallest absolute Gasteiger partial charge is 0.225 e. The van der Waals surface area contributed by atoms with Gasteiger partial charge in [0.25, 0.3) is 0 Å². The predicted octanol–water partition coefficient (Wildman–Crippen LogP) is 3.41. The fourth-order valence-corrected chi connectivity index (χ4v) is 3.99. The van der Waals surface area contributed by atoms with Crippen LogP contribution in [0.5, 0.6) is 0 Å². The molecule has 140 valence electrons. The van der Waals surface area contributed by atoms with Crippen LogP contribution in [0.3, 0.4) is 0 Å². The summed E-state index contributed by atoms with van der Waals surface area (Å²) in [4.78, 5) is 16.6.